The monoisotopic (exact) mass is 230 g/mol. The Labute approximate surface area is 101 Å². The molecule has 1 aliphatic rings. The smallest absolute Gasteiger partial charge is 0.233 e. The molecule has 0 radical (unpaired) electrons. The van der Waals surface area contributed by atoms with Crippen molar-refractivity contribution in [1.29, 1.82) is 0 Å². The molecule has 0 amide bonds. The molecule has 17 heavy (non-hydrogen) atoms. The Hall–Kier alpha value is -1.42. The number of aromatic nitrogens is 3. The lowest BCUT2D eigenvalue weighted by molar-refractivity contribution is 0.454. The van der Waals surface area contributed by atoms with Crippen molar-refractivity contribution in [3.63, 3.8) is 0 Å². The lowest BCUT2D eigenvalue weighted by Gasteiger charge is -2.20. The first-order valence-electron chi connectivity index (χ1n) is 6.41. The van der Waals surface area contributed by atoms with Gasteiger partial charge in [0.25, 0.3) is 0 Å². The quantitative estimate of drug-likeness (QED) is 0.854. The van der Waals surface area contributed by atoms with E-state index in [1.165, 1.54) is 24.1 Å². The number of hydrogen-bond donors (Lipinski definition) is 1. The third-order valence-corrected chi connectivity index (χ3v) is 3.55. The molecule has 2 aromatic heterocycles. The van der Waals surface area contributed by atoms with E-state index in [-0.39, 0.29) is 0 Å². The van der Waals surface area contributed by atoms with Crippen molar-refractivity contribution in [2.75, 3.05) is 13.1 Å². The van der Waals surface area contributed by atoms with Crippen LogP contribution in [0.2, 0.25) is 0 Å². The number of rotatable bonds is 2. The van der Waals surface area contributed by atoms with Crippen molar-refractivity contribution < 1.29 is 0 Å². The number of imidazole rings is 1. The fraction of sp³-hybridized carbons (Fsp3) is 0.538. The highest BCUT2D eigenvalue weighted by molar-refractivity contribution is 5.33. The van der Waals surface area contributed by atoms with Gasteiger partial charge in [-0.1, -0.05) is 6.92 Å². The SMILES string of the molecule is CCc1cnc2nc(C3CCNCC3)cn2c1. The molecule has 0 aliphatic carbocycles. The third-order valence-electron chi connectivity index (χ3n) is 3.55. The van der Waals surface area contributed by atoms with Crippen LogP contribution < -0.4 is 5.32 Å². The Bertz CT molecular complexity index is 511. The van der Waals surface area contributed by atoms with Gasteiger partial charge in [0.1, 0.15) is 0 Å². The van der Waals surface area contributed by atoms with Crippen LogP contribution in [0, 0.1) is 0 Å². The van der Waals surface area contributed by atoms with E-state index in [9.17, 15) is 0 Å². The molecule has 0 aromatic carbocycles. The summed E-state index contributed by atoms with van der Waals surface area (Å²) in [5, 5.41) is 3.39. The van der Waals surface area contributed by atoms with Crippen molar-refractivity contribution in [3.8, 4) is 0 Å². The summed E-state index contributed by atoms with van der Waals surface area (Å²) in [6.45, 7) is 4.35. The van der Waals surface area contributed by atoms with Crippen LogP contribution in [0.25, 0.3) is 5.78 Å². The Morgan fingerprint density at radius 3 is 2.94 bits per heavy atom. The van der Waals surface area contributed by atoms with E-state index in [0.29, 0.717) is 5.92 Å². The molecule has 0 atom stereocenters. The van der Waals surface area contributed by atoms with E-state index in [1.54, 1.807) is 0 Å². The van der Waals surface area contributed by atoms with Crippen LogP contribution in [-0.4, -0.2) is 27.5 Å². The fourth-order valence-electron chi connectivity index (χ4n) is 2.44. The lowest BCUT2D eigenvalue weighted by Crippen LogP contribution is -2.26. The van der Waals surface area contributed by atoms with Crippen molar-refractivity contribution in [1.82, 2.24) is 19.7 Å². The zero-order chi connectivity index (χ0) is 11.7. The van der Waals surface area contributed by atoms with Gasteiger partial charge in [0.15, 0.2) is 0 Å². The van der Waals surface area contributed by atoms with E-state index < -0.39 is 0 Å². The van der Waals surface area contributed by atoms with Crippen LogP contribution in [0.5, 0.6) is 0 Å². The van der Waals surface area contributed by atoms with Crippen LogP contribution in [0.1, 0.15) is 36.9 Å². The van der Waals surface area contributed by atoms with E-state index in [4.69, 9.17) is 0 Å². The molecule has 1 N–H and O–H groups in total. The first kappa shape index (κ1) is 10.7. The van der Waals surface area contributed by atoms with E-state index in [2.05, 4.69) is 39.0 Å². The minimum absolute atomic E-state index is 0.600. The molecular weight excluding hydrogens is 212 g/mol. The summed E-state index contributed by atoms with van der Waals surface area (Å²) in [4.78, 5) is 9.04. The van der Waals surface area contributed by atoms with Gasteiger partial charge >= 0.3 is 0 Å². The zero-order valence-corrected chi connectivity index (χ0v) is 10.2. The van der Waals surface area contributed by atoms with E-state index in [1.807, 2.05) is 6.20 Å². The molecule has 0 spiro atoms. The summed E-state index contributed by atoms with van der Waals surface area (Å²) < 4.78 is 2.07. The van der Waals surface area contributed by atoms with Gasteiger partial charge in [0.05, 0.1) is 5.69 Å². The third kappa shape index (κ3) is 2.05. The maximum absolute atomic E-state index is 4.64. The maximum atomic E-state index is 4.64. The highest BCUT2D eigenvalue weighted by Crippen LogP contribution is 2.24. The standard InChI is InChI=1S/C13H18N4/c1-2-10-7-15-13-16-12(9-17(13)8-10)11-3-5-14-6-4-11/h7-9,11,14H,2-6H2,1H3. The summed E-state index contributed by atoms with van der Waals surface area (Å²) in [5.74, 6) is 1.43. The summed E-state index contributed by atoms with van der Waals surface area (Å²) in [5.41, 5.74) is 2.46. The van der Waals surface area contributed by atoms with Crippen molar-refractivity contribution in [2.45, 2.75) is 32.1 Å². The molecule has 4 nitrogen and oxygen atoms in total. The topological polar surface area (TPSA) is 42.2 Å². The summed E-state index contributed by atoms with van der Waals surface area (Å²) in [7, 11) is 0. The largest absolute Gasteiger partial charge is 0.317 e. The molecule has 3 heterocycles. The van der Waals surface area contributed by atoms with Crippen LogP contribution >= 0.6 is 0 Å². The molecule has 1 saturated heterocycles. The molecule has 1 fully saturated rings. The number of nitrogens with one attached hydrogen (secondary N) is 1. The lowest BCUT2D eigenvalue weighted by atomic mass is 9.95. The normalized spacial score (nSPS) is 17.7. The van der Waals surface area contributed by atoms with Gasteiger partial charge in [0.2, 0.25) is 5.78 Å². The van der Waals surface area contributed by atoms with Crippen molar-refractivity contribution >= 4 is 5.78 Å². The van der Waals surface area contributed by atoms with Gasteiger partial charge < -0.3 is 5.32 Å². The van der Waals surface area contributed by atoms with Crippen molar-refractivity contribution in [3.05, 3.63) is 29.8 Å². The van der Waals surface area contributed by atoms with Gasteiger partial charge in [-0.05, 0) is 37.9 Å². The molecule has 4 heteroatoms. The minimum atomic E-state index is 0.600. The van der Waals surface area contributed by atoms with Gasteiger partial charge in [0, 0.05) is 24.5 Å². The maximum Gasteiger partial charge on any atom is 0.233 e. The molecule has 2 aromatic rings. The first-order chi connectivity index (χ1) is 8.36. The predicted molar refractivity (Wildman–Crippen MR) is 67.2 cm³/mol. The van der Waals surface area contributed by atoms with Crippen LogP contribution in [0.4, 0.5) is 0 Å². The fourth-order valence-corrected chi connectivity index (χ4v) is 2.44. The van der Waals surface area contributed by atoms with Gasteiger partial charge in [-0.25, -0.2) is 9.97 Å². The Morgan fingerprint density at radius 2 is 2.18 bits per heavy atom. The number of piperidine rings is 1. The second kappa shape index (κ2) is 4.45. The Balaban J connectivity index is 1.95. The van der Waals surface area contributed by atoms with E-state index >= 15 is 0 Å². The van der Waals surface area contributed by atoms with Gasteiger partial charge in [-0.3, -0.25) is 4.40 Å². The second-order valence-corrected chi connectivity index (χ2v) is 4.71. The number of hydrogen-bond acceptors (Lipinski definition) is 3. The summed E-state index contributed by atoms with van der Waals surface area (Å²) in [6, 6.07) is 0. The molecule has 90 valence electrons. The average molecular weight is 230 g/mol. The van der Waals surface area contributed by atoms with Crippen LogP contribution in [0.3, 0.4) is 0 Å². The molecular formula is C13H18N4. The Kier molecular flexibility index (Phi) is 2.81. The molecule has 0 saturated carbocycles. The average Bonchev–Trinajstić information content (AvgIpc) is 2.82. The van der Waals surface area contributed by atoms with Crippen LogP contribution in [0.15, 0.2) is 18.6 Å². The van der Waals surface area contributed by atoms with Crippen LogP contribution in [-0.2, 0) is 6.42 Å². The summed E-state index contributed by atoms with van der Waals surface area (Å²) in [6.07, 6.45) is 9.60. The molecule has 0 unspecified atom stereocenters. The number of fused-ring (bicyclic) bond motifs is 1. The Morgan fingerprint density at radius 1 is 1.35 bits per heavy atom. The van der Waals surface area contributed by atoms with Gasteiger partial charge in [-0.15, -0.1) is 0 Å². The first-order valence-corrected chi connectivity index (χ1v) is 6.41. The molecule has 3 rings (SSSR count). The number of nitrogens with zero attached hydrogens (tertiary/aromatic N) is 3. The van der Waals surface area contributed by atoms with Gasteiger partial charge in [-0.2, -0.15) is 0 Å². The highest BCUT2D eigenvalue weighted by Gasteiger charge is 2.18. The van der Waals surface area contributed by atoms with E-state index in [0.717, 1.165) is 25.3 Å². The summed E-state index contributed by atoms with van der Waals surface area (Å²) >= 11 is 0. The number of aryl methyl sites for hydroxylation is 1. The second-order valence-electron chi connectivity index (χ2n) is 4.71. The minimum Gasteiger partial charge on any atom is -0.317 e. The highest BCUT2D eigenvalue weighted by atomic mass is 15.1. The molecule has 1 aliphatic heterocycles. The zero-order valence-electron chi connectivity index (χ0n) is 10.2. The van der Waals surface area contributed by atoms with Crippen molar-refractivity contribution in [2.24, 2.45) is 0 Å². The molecule has 0 bridgehead atoms. The predicted octanol–water partition coefficient (Wildman–Crippen LogP) is 1.76.